The van der Waals surface area contributed by atoms with Crippen LogP contribution >= 0.6 is 24.0 Å². The monoisotopic (exact) mass is 491 g/mol. The van der Waals surface area contributed by atoms with E-state index in [1.165, 1.54) is 12.3 Å². The number of sulfone groups is 1. The average molecular weight is 491 g/mol. The zero-order valence-corrected chi connectivity index (χ0v) is 17.5. The largest absolute Gasteiger partial charge is 0.492 e. The molecule has 25 heavy (non-hydrogen) atoms. The van der Waals surface area contributed by atoms with Crippen LogP contribution in [0.25, 0.3) is 0 Å². The highest BCUT2D eigenvalue weighted by Gasteiger charge is 2.09. The van der Waals surface area contributed by atoms with E-state index in [1.54, 1.807) is 7.05 Å². The van der Waals surface area contributed by atoms with Gasteiger partial charge in [0.2, 0.25) is 0 Å². The van der Waals surface area contributed by atoms with Gasteiger partial charge in [-0.3, -0.25) is 4.99 Å². The molecule has 0 bridgehead atoms. The van der Waals surface area contributed by atoms with E-state index in [-0.39, 0.29) is 48.1 Å². The Morgan fingerprint density at radius 3 is 2.56 bits per heavy atom. The van der Waals surface area contributed by atoms with Crippen LogP contribution in [0.5, 0.6) is 5.75 Å². The fraction of sp³-hybridized carbons (Fsp3) is 0.533. The molecule has 0 radical (unpaired) electrons. The van der Waals surface area contributed by atoms with Gasteiger partial charge in [-0.1, -0.05) is 0 Å². The van der Waals surface area contributed by atoms with Crippen molar-refractivity contribution in [2.24, 2.45) is 4.99 Å². The first kappa shape index (κ1) is 23.8. The number of hydrogen-bond acceptors (Lipinski definition) is 4. The van der Waals surface area contributed by atoms with Crippen molar-refractivity contribution >= 4 is 39.8 Å². The van der Waals surface area contributed by atoms with Crippen LogP contribution in [0.2, 0.25) is 0 Å². The van der Waals surface area contributed by atoms with Crippen LogP contribution in [0.1, 0.15) is 13.3 Å². The van der Waals surface area contributed by atoms with Crippen LogP contribution in [0.15, 0.2) is 23.2 Å². The summed E-state index contributed by atoms with van der Waals surface area (Å²) >= 11 is 0. The van der Waals surface area contributed by atoms with Gasteiger partial charge >= 0.3 is 0 Å². The molecule has 144 valence electrons. The van der Waals surface area contributed by atoms with Gasteiger partial charge in [0.05, 0.1) is 12.3 Å². The second-order valence-electron chi connectivity index (χ2n) is 5.39. The molecular weight excluding hydrogens is 467 g/mol. The van der Waals surface area contributed by atoms with Gasteiger partial charge in [-0.25, -0.2) is 17.2 Å². The Morgan fingerprint density at radius 2 is 2.00 bits per heavy atom. The van der Waals surface area contributed by atoms with E-state index in [4.69, 9.17) is 4.74 Å². The number of rotatable bonds is 8. The third-order valence-electron chi connectivity index (χ3n) is 3.08. The molecule has 6 nitrogen and oxygen atoms in total. The normalized spacial score (nSPS) is 12.9. The molecule has 1 atom stereocenters. The van der Waals surface area contributed by atoms with Crippen LogP contribution in [0.4, 0.5) is 8.78 Å². The van der Waals surface area contributed by atoms with Crippen LogP contribution in [0, 0.1) is 11.6 Å². The number of hydrogen-bond donors (Lipinski definition) is 2. The minimum absolute atomic E-state index is 0. The summed E-state index contributed by atoms with van der Waals surface area (Å²) in [5, 5.41) is 6.05. The molecule has 0 fully saturated rings. The Kier molecular flexibility index (Phi) is 10.9. The van der Waals surface area contributed by atoms with E-state index in [0.29, 0.717) is 18.9 Å². The molecule has 0 saturated carbocycles. The zero-order chi connectivity index (χ0) is 18.2. The summed E-state index contributed by atoms with van der Waals surface area (Å²) in [6.07, 6.45) is 1.66. The van der Waals surface area contributed by atoms with Crippen LogP contribution in [0.3, 0.4) is 0 Å². The lowest BCUT2D eigenvalue weighted by molar-refractivity contribution is 0.318. The SMILES string of the molecule is CN=C(NCCOc1ccc(F)c(F)c1)NC(C)CCS(C)(=O)=O.I. The Labute approximate surface area is 164 Å². The van der Waals surface area contributed by atoms with Crippen molar-refractivity contribution in [3.05, 3.63) is 29.8 Å². The number of benzene rings is 1. The van der Waals surface area contributed by atoms with Crippen molar-refractivity contribution in [1.29, 1.82) is 0 Å². The van der Waals surface area contributed by atoms with Crippen molar-refractivity contribution in [2.45, 2.75) is 19.4 Å². The van der Waals surface area contributed by atoms with Crippen LogP contribution < -0.4 is 15.4 Å². The maximum Gasteiger partial charge on any atom is 0.191 e. The molecule has 2 N–H and O–H groups in total. The third kappa shape index (κ3) is 10.4. The maximum absolute atomic E-state index is 13.0. The lowest BCUT2D eigenvalue weighted by Gasteiger charge is -2.17. The predicted molar refractivity (Wildman–Crippen MR) is 106 cm³/mol. The highest BCUT2D eigenvalue weighted by molar-refractivity contribution is 14.0. The first-order chi connectivity index (χ1) is 11.2. The molecule has 0 heterocycles. The molecule has 0 aliphatic rings. The van der Waals surface area contributed by atoms with E-state index in [1.807, 2.05) is 6.92 Å². The molecule has 1 unspecified atom stereocenters. The quantitative estimate of drug-likeness (QED) is 0.252. The molecule has 0 aromatic heterocycles. The minimum atomic E-state index is -3.00. The lowest BCUT2D eigenvalue weighted by atomic mass is 10.3. The molecule has 0 aliphatic carbocycles. The van der Waals surface area contributed by atoms with E-state index in [2.05, 4.69) is 15.6 Å². The standard InChI is InChI=1S/C15H23F2N3O3S.HI/c1-11(6-9-24(3,21)22)20-15(18-2)19-7-8-23-12-4-5-13(16)14(17)10-12;/h4-5,10-11H,6-9H2,1-3H3,(H2,18,19,20);1H. The molecule has 1 aromatic carbocycles. The molecule has 1 rings (SSSR count). The number of halogens is 3. The van der Waals surface area contributed by atoms with E-state index < -0.39 is 21.5 Å². The smallest absolute Gasteiger partial charge is 0.191 e. The van der Waals surface area contributed by atoms with E-state index in [9.17, 15) is 17.2 Å². The predicted octanol–water partition coefficient (Wildman–Crippen LogP) is 1.95. The molecule has 0 saturated heterocycles. The van der Waals surface area contributed by atoms with Crippen molar-refractivity contribution in [2.75, 3.05) is 32.2 Å². The molecule has 0 aliphatic heterocycles. The van der Waals surface area contributed by atoms with E-state index >= 15 is 0 Å². The van der Waals surface area contributed by atoms with Gasteiger partial charge in [0.1, 0.15) is 22.2 Å². The number of aliphatic imine (C=N–C) groups is 1. The summed E-state index contributed by atoms with van der Waals surface area (Å²) in [6, 6.07) is 3.26. The van der Waals surface area contributed by atoms with Gasteiger partial charge in [0.25, 0.3) is 0 Å². The fourth-order valence-corrected chi connectivity index (χ4v) is 2.58. The Bertz CT molecular complexity index is 672. The summed E-state index contributed by atoms with van der Waals surface area (Å²) in [5.74, 6) is -1.05. The first-order valence-electron chi connectivity index (χ1n) is 7.44. The number of ether oxygens (including phenoxy) is 1. The molecule has 10 heteroatoms. The highest BCUT2D eigenvalue weighted by atomic mass is 127. The molecule has 1 aromatic rings. The topological polar surface area (TPSA) is 79.8 Å². The fourth-order valence-electron chi connectivity index (χ4n) is 1.80. The second-order valence-corrected chi connectivity index (χ2v) is 7.65. The van der Waals surface area contributed by atoms with Gasteiger partial charge in [0.15, 0.2) is 17.6 Å². The van der Waals surface area contributed by atoms with Crippen molar-refractivity contribution in [3.63, 3.8) is 0 Å². The number of nitrogens with zero attached hydrogens (tertiary/aromatic N) is 1. The summed E-state index contributed by atoms with van der Waals surface area (Å²) in [5.41, 5.74) is 0. The van der Waals surface area contributed by atoms with Crippen LogP contribution in [-0.2, 0) is 9.84 Å². The lowest BCUT2D eigenvalue weighted by Crippen LogP contribution is -2.44. The summed E-state index contributed by atoms with van der Waals surface area (Å²) in [7, 11) is -1.41. The first-order valence-corrected chi connectivity index (χ1v) is 9.50. The Balaban J connectivity index is 0.00000576. The van der Waals surface area contributed by atoms with Gasteiger partial charge in [-0.05, 0) is 25.5 Å². The molecular formula is C15H24F2IN3O3S. The van der Waals surface area contributed by atoms with Crippen molar-refractivity contribution in [3.8, 4) is 5.75 Å². The Morgan fingerprint density at radius 1 is 1.32 bits per heavy atom. The van der Waals surface area contributed by atoms with Crippen molar-refractivity contribution in [1.82, 2.24) is 10.6 Å². The molecule has 0 amide bonds. The third-order valence-corrected chi connectivity index (χ3v) is 4.06. The molecule has 0 spiro atoms. The Hall–Kier alpha value is -1.17. The summed E-state index contributed by atoms with van der Waals surface area (Å²) < 4.78 is 53.4. The van der Waals surface area contributed by atoms with E-state index in [0.717, 1.165) is 12.1 Å². The summed E-state index contributed by atoms with van der Waals surface area (Å²) in [6.45, 7) is 2.47. The average Bonchev–Trinajstić information content (AvgIpc) is 2.51. The number of nitrogens with one attached hydrogen (secondary N) is 2. The van der Waals surface area contributed by atoms with Gasteiger partial charge in [-0.2, -0.15) is 0 Å². The minimum Gasteiger partial charge on any atom is -0.492 e. The van der Waals surface area contributed by atoms with Gasteiger partial charge < -0.3 is 15.4 Å². The van der Waals surface area contributed by atoms with Crippen molar-refractivity contribution < 1.29 is 21.9 Å². The van der Waals surface area contributed by atoms with Gasteiger partial charge in [0, 0.05) is 25.4 Å². The second kappa shape index (κ2) is 11.4. The zero-order valence-electron chi connectivity index (χ0n) is 14.4. The number of guanidine groups is 1. The van der Waals surface area contributed by atoms with Crippen LogP contribution in [-0.4, -0.2) is 52.6 Å². The van der Waals surface area contributed by atoms with Gasteiger partial charge in [-0.15, -0.1) is 24.0 Å². The maximum atomic E-state index is 13.0. The highest BCUT2D eigenvalue weighted by Crippen LogP contribution is 2.14. The summed E-state index contributed by atoms with van der Waals surface area (Å²) in [4.78, 5) is 4.02.